The van der Waals surface area contributed by atoms with E-state index in [0.29, 0.717) is 5.69 Å². The monoisotopic (exact) mass is 246 g/mol. The first kappa shape index (κ1) is 12.3. The molecule has 0 aliphatic heterocycles. The summed E-state index contributed by atoms with van der Waals surface area (Å²) in [4.78, 5) is 11.7. The first-order chi connectivity index (χ1) is 8.65. The van der Waals surface area contributed by atoms with Gasteiger partial charge in [-0.25, -0.2) is 4.68 Å². The van der Waals surface area contributed by atoms with Crippen LogP contribution in [0, 0.1) is 0 Å². The maximum atomic E-state index is 11.7. The molecule has 2 N–H and O–H groups in total. The molecular formula is C12H14N4O2. The second-order valence-electron chi connectivity index (χ2n) is 3.93. The van der Waals surface area contributed by atoms with Crippen molar-refractivity contribution in [1.29, 1.82) is 0 Å². The molecule has 1 amide bonds. The molecule has 0 saturated heterocycles. The maximum Gasteiger partial charge on any atom is 0.246 e. The van der Waals surface area contributed by atoms with Crippen molar-refractivity contribution in [2.45, 2.75) is 19.6 Å². The molecule has 6 heteroatoms. The van der Waals surface area contributed by atoms with E-state index in [1.165, 1.54) is 4.68 Å². The summed E-state index contributed by atoms with van der Waals surface area (Å²) in [7, 11) is 0. The van der Waals surface area contributed by atoms with Crippen LogP contribution in [0.25, 0.3) is 0 Å². The van der Waals surface area contributed by atoms with Gasteiger partial charge in [-0.2, -0.15) is 0 Å². The number of anilines is 1. The normalized spacial score (nSPS) is 12.1. The summed E-state index contributed by atoms with van der Waals surface area (Å²) in [5.41, 5.74) is 1.18. The number of nitrogens with zero attached hydrogens (tertiary/aromatic N) is 3. The van der Waals surface area contributed by atoms with E-state index in [-0.39, 0.29) is 12.5 Å². The number of carbonyl (C=O) groups excluding carboxylic acids is 1. The lowest BCUT2D eigenvalue weighted by atomic mass is 10.3. The largest absolute Gasteiger partial charge is 0.387 e. The number of amides is 1. The fraction of sp³-hybridized carbons (Fsp3) is 0.250. The van der Waals surface area contributed by atoms with Gasteiger partial charge in [-0.3, -0.25) is 4.79 Å². The van der Waals surface area contributed by atoms with Crippen molar-refractivity contribution in [3.8, 4) is 0 Å². The van der Waals surface area contributed by atoms with Crippen LogP contribution in [0.1, 0.15) is 18.7 Å². The molecule has 1 heterocycles. The number of rotatable bonds is 4. The van der Waals surface area contributed by atoms with E-state index in [1.807, 2.05) is 18.2 Å². The van der Waals surface area contributed by atoms with Crippen molar-refractivity contribution < 1.29 is 9.90 Å². The maximum absolute atomic E-state index is 11.7. The Kier molecular flexibility index (Phi) is 3.69. The first-order valence-electron chi connectivity index (χ1n) is 5.58. The van der Waals surface area contributed by atoms with Gasteiger partial charge in [0.05, 0.1) is 12.3 Å². The summed E-state index contributed by atoms with van der Waals surface area (Å²) in [6.45, 7) is 1.66. The van der Waals surface area contributed by atoms with Gasteiger partial charge in [-0.05, 0) is 19.1 Å². The van der Waals surface area contributed by atoms with Crippen molar-refractivity contribution in [2.75, 3.05) is 5.32 Å². The molecule has 1 aromatic heterocycles. The first-order valence-corrected chi connectivity index (χ1v) is 5.58. The second-order valence-corrected chi connectivity index (χ2v) is 3.93. The highest BCUT2D eigenvalue weighted by Gasteiger charge is 2.09. The van der Waals surface area contributed by atoms with Crippen LogP contribution in [0.3, 0.4) is 0 Å². The summed E-state index contributed by atoms with van der Waals surface area (Å²) < 4.78 is 1.39. The van der Waals surface area contributed by atoms with Gasteiger partial charge < -0.3 is 10.4 Å². The molecule has 94 valence electrons. The Morgan fingerprint density at radius 3 is 2.78 bits per heavy atom. The average molecular weight is 246 g/mol. The highest BCUT2D eigenvalue weighted by Crippen LogP contribution is 2.07. The molecule has 1 unspecified atom stereocenters. The minimum Gasteiger partial charge on any atom is -0.387 e. The van der Waals surface area contributed by atoms with Gasteiger partial charge in [0.2, 0.25) is 5.91 Å². The summed E-state index contributed by atoms with van der Waals surface area (Å²) >= 11 is 0. The lowest BCUT2D eigenvalue weighted by molar-refractivity contribution is -0.116. The van der Waals surface area contributed by atoms with Crippen LogP contribution in [0.4, 0.5) is 5.69 Å². The Labute approximate surface area is 104 Å². The van der Waals surface area contributed by atoms with Crippen LogP contribution in [0.15, 0.2) is 36.5 Å². The molecule has 0 fully saturated rings. The molecular weight excluding hydrogens is 232 g/mol. The van der Waals surface area contributed by atoms with E-state index in [9.17, 15) is 9.90 Å². The van der Waals surface area contributed by atoms with E-state index >= 15 is 0 Å². The third-order valence-corrected chi connectivity index (χ3v) is 2.35. The third kappa shape index (κ3) is 3.14. The van der Waals surface area contributed by atoms with Crippen LogP contribution >= 0.6 is 0 Å². The van der Waals surface area contributed by atoms with Crippen molar-refractivity contribution in [2.24, 2.45) is 0 Å². The van der Waals surface area contributed by atoms with E-state index in [0.717, 1.165) is 5.69 Å². The smallest absolute Gasteiger partial charge is 0.246 e. The number of hydrogen-bond acceptors (Lipinski definition) is 4. The predicted octanol–water partition coefficient (Wildman–Crippen LogP) is 0.970. The Hall–Kier alpha value is -2.21. The van der Waals surface area contributed by atoms with Gasteiger partial charge in [0, 0.05) is 5.69 Å². The van der Waals surface area contributed by atoms with Crippen LogP contribution in [0.2, 0.25) is 0 Å². The van der Waals surface area contributed by atoms with E-state index in [1.54, 1.807) is 25.3 Å². The second kappa shape index (κ2) is 5.42. The molecule has 18 heavy (non-hydrogen) atoms. The van der Waals surface area contributed by atoms with Gasteiger partial charge in [0.25, 0.3) is 0 Å². The lowest BCUT2D eigenvalue weighted by Gasteiger charge is -2.04. The molecule has 1 atom stereocenters. The van der Waals surface area contributed by atoms with Gasteiger partial charge in [-0.1, -0.05) is 23.4 Å². The van der Waals surface area contributed by atoms with Gasteiger partial charge in [0.15, 0.2) is 0 Å². The zero-order valence-corrected chi connectivity index (χ0v) is 9.95. The zero-order valence-electron chi connectivity index (χ0n) is 9.95. The van der Waals surface area contributed by atoms with Crippen LogP contribution in [0.5, 0.6) is 0 Å². The van der Waals surface area contributed by atoms with Crippen molar-refractivity contribution >= 4 is 11.6 Å². The van der Waals surface area contributed by atoms with E-state index in [2.05, 4.69) is 15.6 Å². The fourth-order valence-electron chi connectivity index (χ4n) is 1.45. The molecule has 6 nitrogen and oxygen atoms in total. The quantitative estimate of drug-likeness (QED) is 0.842. The summed E-state index contributed by atoms with van der Waals surface area (Å²) in [6.07, 6.45) is 0.867. The van der Waals surface area contributed by atoms with E-state index < -0.39 is 6.10 Å². The number of benzene rings is 1. The van der Waals surface area contributed by atoms with Crippen LogP contribution in [-0.4, -0.2) is 26.0 Å². The molecule has 0 aliphatic rings. The number of aromatic nitrogens is 3. The van der Waals surface area contributed by atoms with Gasteiger partial charge in [-0.15, -0.1) is 5.10 Å². The molecule has 0 spiro atoms. The lowest BCUT2D eigenvalue weighted by Crippen LogP contribution is -2.19. The molecule has 0 bridgehead atoms. The Balaban J connectivity index is 1.95. The van der Waals surface area contributed by atoms with Crippen molar-refractivity contribution in [1.82, 2.24) is 15.0 Å². The van der Waals surface area contributed by atoms with Crippen molar-refractivity contribution in [3.63, 3.8) is 0 Å². The Morgan fingerprint density at radius 1 is 1.44 bits per heavy atom. The topological polar surface area (TPSA) is 80.0 Å². The number of nitrogens with one attached hydrogen (secondary N) is 1. The minimum absolute atomic E-state index is 0.0641. The van der Waals surface area contributed by atoms with Crippen LogP contribution in [-0.2, 0) is 11.3 Å². The zero-order chi connectivity index (χ0) is 13.0. The average Bonchev–Trinajstić information content (AvgIpc) is 2.78. The molecule has 1 aromatic carbocycles. The number of carbonyl (C=O) groups is 1. The van der Waals surface area contributed by atoms with Crippen molar-refractivity contribution in [3.05, 3.63) is 42.2 Å². The highest BCUT2D eigenvalue weighted by atomic mass is 16.3. The third-order valence-electron chi connectivity index (χ3n) is 2.35. The number of aliphatic hydroxyl groups is 1. The van der Waals surface area contributed by atoms with Gasteiger partial charge in [0.1, 0.15) is 12.2 Å². The Morgan fingerprint density at radius 2 is 2.17 bits per heavy atom. The number of para-hydroxylation sites is 1. The molecule has 0 aliphatic carbocycles. The molecule has 2 rings (SSSR count). The van der Waals surface area contributed by atoms with Crippen LogP contribution < -0.4 is 5.32 Å². The number of hydrogen-bond donors (Lipinski definition) is 2. The summed E-state index contributed by atoms with van der Waals surface area (Å²) in [6, 6.07) is 9.18. The summed E-state index contributed by atoms with van der Waals surface area (Å²) in [5, 5.41) is 19.6. The minimum atomic E-state index is -0.684. The Bertz CT molecular complexity index is 522. The van der Waals surface area contributed by atoms with E-state index in [4.69, 9.17) is 0 Å². The molecule has 0 saturated carbocycles. The SMILES string of the molecule is CC(O)c1cn(CC(=O)Nc2ccccc2)nn1. The summed E-state index contributed by atoms with van der Waals surface area (Å²) in [5.74, 6) is -0.191. The fourth-order valence-corrected chi connectivity index (χ4v) is 1.45. The number of aliphatic hydroxyl groups excluding tert-OH is 1. The predicted molar refractivity (Wildman–Crippen MR) is 65.7 cm³/mol. The standard InChI is InChI=1S/C12H14N4O2/c1-9(17)11-7-16(15-14-11)8-12(18)13-10-5-3-2-4-6-10/h2-7,9,17H,8H2,1H3,(H,13,18). The molecule has 2 aromatic rings. The highest BCUT2D eigenvalue weighted by molar-refractivity contribution is 5.90. The molecule has 0 radical (unpaired) electrons. The van der Waals surface area contributed by atoms with Gasteiger partial charge >= 0.3 is 0 Å².